The molecule has 0 amide bonds. The summed E-state index contributed by atoms with van der Waals surface area (Å²) in [6.07, 6.45) is 16.6. The molecule has 1 aromatic carbocycles. The summed E-state index contributed by atoms with van der Waals surface area (Å²) < 4.78 is 46.0. The van der Waals surface area contributed by atoms with Gasteiger partial charge >= 0.3 is 0 Å². The molecule has 0 bridgehead atoms. The molecule has 0 radical (unpaired) electrons. The zero-order valence-corrected chi connectivity index (χ0v) is 21.5. The van der Waals surface area contributed by atoms with E-state index in [4.69, 9.17) is 14.2 Å². The van der Waals surface area contributed by atoms with Gasteiger partial charge in [0.1, 0.15) is 0 Å². The molecule has 1 aromatic rings. The summed E-state index contributed by atoms with van der Waals surface area (Å²) in [5.41, 5.74) is 0.373. The predicted octanol–water partition coefficient (Wildman–Crippen LogP) is 8.18. The normalized spacial score (nSPS) is 31.7. The second-order valence-electron chi connectivity index (χ2n) is 11.0. The Balaban J connectivity index is 1.14. The van der Waals surface area contributed by atoms with Crippen molar-refractivity contribution in [3.8, 4) is 5.75 Å². The van der Waals surface area contributed by atoms with Crippen molar-refractivity contribution in [3.63, 3.8) is 0 Å². The van der Waals surface area contributed by atoms with Gasteiger partial charge in [0.25, 0.3) is 0 Å². The van der Waals surface area contributed by atoms with E-state index >= 15 is 0 Å². The number of hydrogen-bond donors (Lipinski definition) is 0. The van der Waals surface area contributed by atoms with Crippen molar-refractivity contribution >= 4 is 0 Å². The highest BCUT2D eigenvalue weighted by Crippen LogP contribution is 2.42. The second kappa shape index (κ2) is 13.2. The molecule has 2 atom stereocenters. The smallest absolute Gasteiger partial charge is 0.200 e. The number of halogens is 2. The van der Waals surface area contributed by atoms with Crippen LogP contribution in [0.1, 0.15) is 95.5 Å². The Bertz CT molecular complexity index is 789. The predicted molar refractivity (Wildman–Crippen MR) is 136 cm³/mol. The highest BCUT2D eigenvalue weighted by atomic mass is 19.2. The minimum Gasteiger partial charge on any atom is -0.491 e. The Kier molecular flexibility index (Phi) is 10.0. The first-order valence-corrected chi connectivity index (χ1v) is 14.0. The molecule has 2 unspecified atom stereocenters. The zero-order chi connectivity index (χ0) is 24.6. The maximum atomic E-state index is 14.5. The number of rotatable bonds is 10. The van der Waals surface area contributed by atoms with Gasteiger partial charge in [0.05, 0.1) is 19.8 Å². The van der Waals surface area contributed by atoms with Crippen LogP contribution in [0.2, 0.25) is 0 Å². The molecule has 0 N–H and O–H groups in total. The van der Waals surface area contributed by atoms with E-state index in [1.807, 2.05) is 0 Å². The van der Waals surface area contributed by atoms with Gasteiger partial charge in [-0.05, 0) is 106 Å². The highest BCUT2D eigenvalue weighted by Gasteiger charge is 2.32. The Morgan fingerprint density at radius 1 is 0.914 bits per heavy atom. The van der Waals surface area contributed by atoms with Crippen LogP contribution in [0.3, 0.4) is 0 Å². The minimum atomic E-state index is -0.904. The lowest BCUT2D eigenvalue weighted by molar-refractivity contribution is -0.175. The van der Waals surface area contributed by atoms with Crippen LogP contribution >= 0.6 is 0 Å². The van der Waals surface area contributed by atoms with Crippen molar-refractivity contribution in [2.75, 3.05) is 19.8 Å². The molecule has 2 aliphatic carbocycles. The van der Waals surface area contributed by atoms with E-state index in [0.29, 0.717) is 31.1 Å². The number of benzene rings is 1. The lowest BCUT2D eigenvalue weighted by atomic mass is 9.69. The number of hydrogen-bond acceptors (Lipinski definition) is 3. The third-order valence-corrected chi connectivity index (χ3v) is 8.80. The Morgan fingerprint density at radius 2 is 1.60 bits per heavy atom. The molecule has 3 nitrogen and oxygen atoms in total. The fraction of sp³-hybridized carbons (Fsp3) is 0.733. The standard InChI is InChI=1S/C30H44F2O3/c1-3-5-6-21-7-11-23(12-8-21)24-13-9-22(10-14-24)19-34-28-18-15-25(20-35-28)26-16-17-27(33-4-2)30(32)29(26)31/h3,16-17,21-25,28H,1,4-15,18-20H2,2H3. The molecule has 3 fully saturated rings. The molecule has 1 saturated heterocycles. The van der Waals surface area contributed by atoms with E-state index < -0.39 is 11.6 Å². The first-order valence-electron chi connectivity index (χ1n) is 14.0. The fourth-order valence-corrected chi connectivity index (χ4v) is 6.60. The summed E-state index contributed by atoms with van der Waals surface area (Å²) in [5, 5.41) is 0. The summed E-state index contributed by atoms with van der Waals surface area (Å²) in [5.74, 6) is 1.49. The first-order chi connectivity index (χ1) is 17.1. The summed E-state index contributed by atoms with van der Waals surface area (Å²) in [6, 6.07) is 3.15. The SMILES string of the molecule is C=CCCC1CCC(C2CCC(COC3CCC(c4ccc(OCC)c(F)c4F)CO3)CC2)CC1. The van der Waals surface area contributed by atoms with Crippen molar-refractivity contribution in [1.29, 1.82) is 0 Å². The molecule has 1 aliphatic heterocycles. The Morgan fingerprint density at radius 3 is 2.20 bits per heavy atom. The van der Waals surface area contributed by atoms with Gasteiger partial charge < -0.3 is 14.2 Å². The van der Waals surface area contributed by atoms with Crippen LogP contribution < -0.4 is 4.74 Å². The second-order valence-corrected chi connectivity index (χ2v) is 11.0. The molecular weight excluding hydrogens is 446 g/mol. The van der Waals surface area contributed by atoms with Crippen LogP contribution in [0, 0.1) is 35.3 Å². The molecule has 3 aliphatic rings. The number of allylic oxidation sites excluding steroid dienone is 1. The fourth-order valence-electron chi connectivity index (χ4n) is 6.60. The van der Waals surface area contributed by atoms with E-state index in [0.717, 1.165) is 30.8 Å². The molecular formula is C30H44F2O3. The monoisotopic (exact) mass is 490 g/mol. The van der Waals surface area contributed by atoms with Crippen LogP contribution in [0.4, 0.5) is 8.78 Å². The summed E-state index contributed by atoms with van der Waals surface area (Å²) in [4.78, 5) is 0. The van der Waals surface area contributed by atoms with Crippen molar-refractivity contribution in [1.82, 2.24) is 0 Å². The summed E-state index contributed by atoms with van der Waals surface area (Å²) >= 11 is 0. The van der Waals surface area contributed by atoms with Crippen molar-refractivity contribution in [2.24, 2.45) is 23.7 Å². The van der Waals surface area contributed by atoms with Crippen LogP contribution in [0.25, 0.3) is 0 Å². The van der Waals surface area contributed by atoms with Crippen LogP contribution in [-0.2, 0) is 9.47 Å². The number of ether oxygens (including phenoxy) is 3. The Hall–Kier alpha value is -1.46. The third-order valence-electron chi connectivity index (χ3n) is 8.80. The lowest BCUT2D eigenvalue weighted by Gasteiger charge is -2.38. The highest BCUT2D eigenvalue weighted by molar-refractivity contribution is 5.33. The maximum Gasteiger partial charge on any atom is 0.200 e. The largest absolute Gasteiger partial charge is 0.491 e. The maximum absolute atomic E-state index is 14.5. The van der Waals surface area contributed by atoms with E-state index in [2.05, 4.69) is 12.7 Å². The van der Waals surface area contributed by atoms with E-state index in [9.17, 15) is 8.78 Å². The van der Waals surface area contributed by atoms with Gasteiger partial charge in [-0.1, -0.05) is 25.0 Å². The van der Waals surface area contributed by atoms with Crippen molar-refractivity contribution in [3.05, 3.63) is 42.0 Å². The Labute approximate surface area is 210 Å². The van der Waals surface area contributed by atoms with Gasteiger partial charge in [-0.2, -0.15) is 4.39 Å². The summed E-state index contributed by atoms with van der Waals surface area (Å²) in [7, 11) is 0. The average Bonchev–Trinajstić information content (AvgIpc) is 2.90. The van der Waals surface area contributed by atoms with E-state index in [1.54, 1.807) is 13.0 Å². The molecule has 1 heterocycles. The topological polar surface area (TPSA) is 27.7 Å². The van der Waals surface area contributed by atoms with Gasteiger partial charge in [-0.15, -0.1) is 6.58 Å². The summed E-state index contributed by atoms with van der Waals surface area (Å²) in [6.45, 7) is 7.04. The van der Waals surface area contributed by atoms with Gasteiger partial charge in [-0.25, -0.2) is 4.39 Å². The van der Waals surface area contributed by atoms with Gasteiger partial charge in [0.15, 0.2) is 17.9 Å². The molecule has 5 heteroatoms. The van der Waals surface area contributed by atoms with Crippen LogP contribution in [0.5, 0.6) is 5.75 Å². The molecule has 35 heavy (non-hydrogen) atoms. The van der Waals surface area contributed by atoms with E-state index in [-0.39, 0.29) is 18.0 Å². The molecule has 4 rings (SSSR count). The van der Waals surface area contributed by atoms with Gasteiger partial charge in [-0.3, -0.25) is 0 Å². The average molecular weight is 491 g/mol. The van der Waals surface area contributed by atoms with Gasteiger partial charge in [0, 0.05) is 5.92 Å². The molecule has 0 aromatic heterocycles. The van der Waals surface area contributed by atoms with Crippen LogP contribution in [0.15, 0.2) is 24.8 Å². The van der Waals surface area contributed by atoms with E-state index in [1.165, 1.54) is 70.3 Å². The zero-order valence-electron chi connectivity index (χ0n) is 21.5. The molecule has 2 saturated carbocycles. The lowest BCUT2D eigenvalue weighted by Crippen LogP contribution is -2.31. The van der Waals surface area contributed by atoms with Crippen molar-refractivity contribution < 1.29 is 23.0 Å². The first kappa shape index (κ1) is 26.6. The quantitative estimate of drug-likeness (QED) is 0.310. The van der Waals surface area contributed by atoms with Gasteiger partial charge in [0.2, 0.25) is 5.82 Å². The molecule has 0 spiro atoms. The minimum absolute atomic E-state index is 0.0300. The van der Waals surface area contributed by atoms with Crippen molar-refractivity contribution in [2.45, 2.75) is 96.2 Å². The third kappa shape index (κ3) is 7.07. The molecule has 196 valence electrons. The van der Waals surface area contributed by atoms with Crippen LogP contribution in [-0.4, -0.2) is 26.1 Å².